The molecule has 0 N–H and O–H groups in total. The minimum atomic E-state index is -0.946. The largest absolute Gasteiger partial charge is 0.493 e. The van der Waals surface area contributed by atoms with E-state index in [9.17, 15) is 13.6 Å². The predicted octanol–water partition coefficient (Wildman–Crippen LogP) is 6.43. The monoisotopic (exact) mass is 427 g/mol. The second-order valence-electron chi connectivity index (χ2n) is 8.12. The number of carbonyl (C=O) groups is 1. The van der Waals surface area contributed by atoms with E-state index in [1.54, 1.807) is 6.07 Å². The third-order valence-electron chi connectivity index (χ3n) is 5.85. The molecule has 0 aliphatic heterocycles. The first-order valence-electron chi connectivity index (χ1n) is 10.8. The Kier molecular flexibility index (Phi) is 8.00. The summed E-state index contributed by atoms with van der Waals surface area (Å²) in [6.07, 6.45) is 8.54. The quantitative estimate of drug-likeness (QED) is 0.360. The highest BCUT2D eigenvalue weighted by molar-refractivity contribution is 5.91. The Bertz CT molecular complexity index is 946. The van der Waals surface area contributed by atoms with Crippen molar-refractivity contribution in [2.24, 2.45) is 11.8 Å². The van der Waals surface area contributed by atoms with Gasteiger partial charge in [-0.2, -0.15) is 5.26 Å². The zero-order valence-corrected chi connectivity index (χ0v) is 17.7. The standard InChI is InChI=1S/C25H27F2NO3/c1-2-3-4-17-5-7-18(8-6-17)16-30-20-11-12-22(24(27)13-20)25(29)31-21-10-9-19(15-28)23(26)14-21/h9-14,17-18H,2-8,16H2,1H3/t17-,18-. The van der Waals surface area contributed by atoms with Crippen molar-refractivity contribution in [3.8, 4) is 17.6 Å². The summed E-state index contributed by atoms with van der Waals surface area (Å²) in [6.45, 7) is 2.75. The number of halogens is 2. The van der Waals surface area contributed by atoms with Crippen LogP contribution in [0.4, 0.5) is 8.78 Å². The minimum Gasteiger partial charge on any atom is -0.493 e. The molecule has 1 aliphatic rings. The highest BCUT2D eigenvalue weighted by atomic mass is 19.1. The number of nitrogens with zero attached hydrogens (tertiary/aromatic N) is 1. The number of nitriles is 1. The van der Waals surface area contributed by atoms with Gasteiger partial charge in [0.2, 0.25) is 0 Å². The van der Waals surface area contributed by atoms with Gasteiger partial charge in [0.1, 0.15) is 29.2 Å². The van der Waals surface area contributed by atoms with Crippen molar-refractivity contribution in [3.63, 3.8) is 0 Å². The Morgan fingerprint density at radius 2 is 1.71 bits per heavy atom. The number of hydrogen-bond donors (Lipinski definition) is 0. The van der Waals surface area contributed by atoms with E-state index in [1.165, 1.54) is 62.4 Å². The molecule has 0 aromatic heterocycles. The van der Waals surface area contributed by atoms with Gasteiger partial charge in [0.25, 0.3) is 0 Å². The number of carbonyl (C=O) groups excluding carboxylic acids is 1. The minimum absolute atomic E-state index is 0.101. The molecule has 1 fully saturated rings. The summed E-state index contributed by atoms with van der Waals surface area (Å²) in [4.78, 5) is 12.2. The summed E-state index contributed by atoms with van der Waals surface area (Å²) in [5.74, 6) is -0.961. The Hall–Kier alpha value is -2.94. The summed E-state index contributed by atoms with van der Waals surface area (Å²) in [7, 11) is 0. The highest BCUT2D eigenvalue weighted by Crippen LogP contribution is 2.32. The van der Waals surface area contributed by atoms with Crippen molar-refractivity contribution in [1.29, 1.82) is 5.26 Å². The molecule has 3 rings (SSSR count). The average molecular weight is 427 g/mol. The molecule has 0 amide bonds. The van der Waals surface area contributed by atoms with Crippen molar-refractivity contribution in [2.75, 3.05) is 6.61 Å². The Morgan fingerprint density at radius 3 is 2.35 bits per heavy atom. The van der Waals surface area contributed by atoms with Crippen molar-refractivity contribution < 1.29 is 23.0 Å². The fraction of sp³-hybridized carbons (Fsp3) is 0.440. The zero-order chi connectivity index (χ0) is 22.2. The number of benzene rings is 2. The molecule has 0 saturated heterocycles. The molecule has 0 radical (unpaired) electrons. The Balaban J connectivity index is 1.52. The molecular formula is C25H27F2NO3. The van der Waals surface area contributed by atoms with Crippen LogP contribution in [0.3, 0.4) is 0 Å². The van der Waals surface area contributed by atoms with E-state index in [1.807, 2.05) is 0 Å². The third kappa shape index (κ3) is 6.27. The van der Waals surface area contributed by atoms with Gasteiger partial charge >= 0.3 is 5.97 Å². The molecule has 6 heteroatoms. The van der Waals surface area contributed by atoms with E-state index < -0.39 is 17.6 Å². The summed E-state index contributed by atoms with van der Waals surface area (Å²) in [5.41, 5.74) is -0.435. The fourth-order valence-corrected chi connectivity index (χ4v) is 3.96. The summed E-state index contributed by atoms with van der Waals surface area (Å²) < 4.78 is 38.9. The van der Waals surface area contributed by atoms with E-state index in [-0.39, 0.29) is 16.9 Å². The molecule has 2 aromatic rings. The van der Waals surface area contributed by atoms with Gasteiger partial charge in [-0.05, 0) is 48.9 Å². The maximum Gasteiger partial charge on any atom is 0.346 e. The molecular weight excluding hydrogens is 400 g/mol. The van der Waals surface area contributed by atoms with Crippen LogP contribution in [-0.2, 0) is 0 Å². The lowest BCUT2D eigenvalue weighted by Crippen LogP contribution is -2.20. The number of unbranched alkanes of at least 4 members (excludes halogenated alkanes) is 1. The number of rotatable bonds is 8. The second-order valence-corrected chi connectivity index (χ2v) is 8.12. The smallest absolute Gasteiger partial charge is 0.346 e. The van der Waals surface area contributed by atoms with Crippen LogP contribution in [0.15, 0.2) is 36.4 Å². The first-order chi connectivity index (χ1) is 15.0. The van der Waals surface area contributed by atoms with Crippen LogP contribution in [0.1, 0.15) is 67.8 Å². The van der Waals surface area contributed by atoms with Crippen molar-refractivity contribution in [1.82, 2.24) is 0 Å². The number of hydrogen-bond acceptors (Lipinski definition) is 4. The highest BCUT2D eigenvalue weighted by Gasteiger charge is 2.22. The molecule has 164 valence electrons. The fourth-order valence-electron chi connectivity index (χ4n) is 3.96. The average Bonchev–Trinajstić information content (AvgIpc) is 2.77. The first kappa shape index (κ1) is 22.7. The molecule has 0 heterocycles. The number of esters is 1. The predicted molar refractivity (Wildman–Crippen MR) is 113 cm³/mol. The van der Waals surface area contributed by atoms with E-state index in [0.29, 0.717) is 18.3 Å². The number of ether oxygens (including phenoxy) is 2. The molecule has 1 aliphatic carbocycles. The summed E-state index contributed by atoms with van der Waals surface area (Å²) >= 11 is 0. The Morgan fingerprint density at radius 1 is 1.03 bits per heavy atom. The molecule has 31 heavy (non-hydrogen) atoms. The molecule has 2 aromatic carbocycles. The van der Waals surface area contributed by atoms with E-state index in [4.69, 9.17) is 14.7 Å². The lowest BCUT2D eigenvalue weighted by Gasteiger charge is -2.28. The van der Waals surface area contributed by atoms with Gasteiger partial charge in [0.05, 0.1) is 17.7 Å². The lowest BCUT2D eigenvalue weighted by atomic mass is 9.80. The van der Waals surface area contributed by atoms with E-state index in [2.05, 4.69) is 6.92 Å². The molecule has 4 nitrogen and oxygen atoms in total. The molecule has 0 bridgehead atoms. The maximum atomic E-state index is 14.4. The van der Waals surface area contributed by atoms with Crippen molar-refractivity contribution in [3.05, 3.63) is 59.2 Å². The lowest BCUT2D eigenvalue weighted by molar-refractivity contribution is 0.0729. The van der Waals surface area contributed by atoms with Crippen LogP contribution in [0.2, 0.25) is 0 Å². The van der Waals surface area contributed by atoms with Gasteiger partial charge in [-0.1, -0.05) is 39.0 Å². The molecule has 0 atom stereocenters. The topological polar surface area (TPSA) is 59.3 Å². The summed E-state index contributed by atoms with van der Waals surface area (Å²) in [5, 5.41) is 8.74. The molecule has 0 spiro atoms. The van der Waals surface area contributed by atoms with Gasteiger partial charge in [-0.25, -0.2) is 13.6 Å². The molecule has 0 unspecified atom stereocenters. The van der Waals surface area contributed by atoms with Crippen molar-refractivity contribution in [2.45, 2.75) is 51.9 Å². The van der Waals surface area contributed by atoms with Gasteiger partial charge in [-0.15, -0.1) is 0 Å². The van der Waals surface area contributed by atoms with Crippen LogP contribution in [0, 0.1) is 34.8 Å². The van der Waals surface area contributed by atoms with Crippen molar-refractivity contribution >= 4 is 5.97 Å². The van der Waals surface area contributed by atoms with Crippen LogP contribution in [0.25, 0.3) is 0 Å². The van der Waals surface area contributed by atoms with Gasteiger partial charge < -0.3 is 9.47 Å². The molecule has 1 saturated carbocycles. The van der Waals surface area contributed by atoms with E-state index in [0.717, 1.165) is 24.8 Å². The SMILES string of the molecule is CCCC[C@H]1CC[C@H](COc2ccc(C(=O)Oc3ccc(C#N)c(F)c3)c(F)c2)CC1. The Labute approximate surface area is 181 Å². The normalized spacial score (nSPS) is 18.3. The van der Waals surface area contributed by atoms with E-state index >= 15 is 0 Å². The van der Waals surface area contributed by atoms with Gasteiger partial charge in [0.15, 0.2) is 0 Å². The van der Waals surface area contributed by atoms with Crippen LogP contribution in [-0.4, -0.2) is 12.6 Å². The zero-order valence-electron chi connectivity index (χ0n) is 17.7. The second kappa shape index (κ2) is 10.9. The van der Waals surface area contributed by atoms with Crippen LogP contribution >= 0.6 is 0 Å². The first-order valence-corrected chi connectivity index (χ1v) is 10.8. The third-order valence-corrected chi connectivity index (χ3v) is 5.85. The van der Waals surface area contributed by atoms with Gasteiger partial charge in [-0.3, -0.25) is 0 Å². The van der Waals surface area contributed by atoms with Gasteiger partial charge in [0, 0.05) is 12.1 Å². The maximum absolute atomic E-state index is 14.4. The van der Waals surface area contributed by atoms with Crippen LogP contribution in [0.5, 0.6) is 11.5 Å². The van der Waals surface area contributed by atoms with Crippen LogP contribution < -0.4 is 9.47 Å². The summed E-state index contributed by atoms with van der Waals surface area (Å²) in [6, 6.07) is 9.08.